The van der Waals surface area contributed by atoms with Crippen LogP contribution in [0.4, 0.5) is 5.69 Å². The molecule has 3 heterocycles. The van der Waals surface area contributed by atoms with E-state index < -0.39 is 5.54 Å². The second-order valence-corrected chi connectivity index (χ2v) is 9.97. The second-order valence-electron chi connectivity index (χ2n) is 9.97. The zero-order valence-electron chi connectivity index (χ0n) is 19.4. The fraction of sp³-hybridized carbons (Fsp3) is 0.444. The van der Waals surface area contributed by atoms with E-state index in [0.29, 0.717) is 32.0 Å². The number of para-hydroxylation sites is 1. The van der Waals surface area contributed by atoms with Crippen molar-refractivity contribution in [3.05, 3.63) is 65.7 Å². The van der Waals surface area contributed by atoms with Crippen LogP contribution in [0.15, 0.2) is 59.6 Å². The Bertz CT molecular complexity index is 1120. The van der Waals surface area contributed by atoms with Gasteiger partial charge in [0, 0.05) is 31.1 Å². The minimum Gasteiger partial charge on any atom is -0.339 e. The van der Waals surface area contributed by atoms with Crippen molar-refractivity contribution in [1.82, 2.24) is 15.5 Å². The number of hydrogen-bond acceptors (Lipinski definition) is 5. The number of piperidine rings is 1. The Morgan fingerprint density at radius 2 is 1.85 bits per heavy atom. The molecule has 2 unspecified atom stereocenters. The van der Waals surface area contributed by atoms with Gasteiger partial charge in [-0.3, -0.25) is 19.5 Å². The molecule has 2 aromatic carbocycles. The highest BCUT2D eigenvalue weighted by molar-refractivity contribution is 6.00. The van der Waals surface area contributed by atoms with Crippen molar-refractivity contribution in [2.24, 2.45) is 4.99 Å². The van der Waals surface area contributed by atoms with Gasteiger partial charge >= 0.3 is 0 Å². The first-order chi connectivity index (χ1) is 16.6. The maximum Gasteiger partial charge on any atom is 0.247 e. The fourth-order valence-electron chi connectivity index (χ4n) is 6.30. The van der Waals surface area contributed by atoms with E-state index in [9.17, 15) is 9.59 Å². The number of benzene rings is 2. The number of likely N-dealkylation sites (tertiary alicyclic amines) is 1. The van der Waals surface area contributed by atoms with Crippen molar-refractivity contribution < 1.29 is 9.59 Å². The number of nitrogens with zero attached hydrogens (tertiary/aromatic N) is 3. The molecule has 2 amide bonds. The van der Waals surface area contributed by atoms with Gasteiger partial charge in [-0.15, -0.1) is 0 Å². The van der Waals surface area contributed by atoms with Gasteiger partial charge in [0.2, 0.25) is 11.8 Å². The molecular weight excluding hydrogens is 426 g/mol. The molecule has 3 aliphatic heterocycles. The maximum atomic E-state index is 12.9. The molecule has 34 heavy (non-hydrogen) atoms. The van der Waals surface area contributed by atoms with E-state index in [4.69, 9.17) is 4.99 Å². The summed E-state index contributed by atoms with van der Waals surface area (Å²) in [5, 5.41) is 6.13. The first-order valence-electron chi connectivity index (χ1n) is 12.4. The first kappa shape index (κ1) is 21.4. The van der Waals surface area contributed by atoms with E-state index in [1.54, 1.807) is 0 Å². The van der Waals surface area contributed by atoms with E-state index in [1.165, 1.54) is 11.1 Å². The fourth-order valence-corrected chi connectivity index (χ4v) is 6.30. The maximum absolute atomic E-state index is 12.9. The van der Waals surface area contributed by atoms with Crippen LogP contribution in [0.1, 0.15) is 42.7 Å². The Kier molecular flexibility index (Phi) is 5.37. The van der Waals surface area contributed by atoms with Crippen LogP contribution in [0.2, 0.25) is 0 Å². The zero-order chi connectivity index (χ0) is 23.1. The molecule has 6 rings (SSSR count). The van der Waals surface area contributed by atoms with Gasteiger partial charge in [0.1, 0.15) is 11.4 Å². The van der Waals surface area contributed by atoms with Crippen molar-refractivity contribution in [3.63, 3.8) is 0 Å². The van der Waals surface area contributed by atoms with Gasteiger partial charge in [-0.1, -0.05) is 42.5 Å². The number of rotatable bonds is 3. The number of carbonyl (C=O) groups excluding carboxylic acids is 2. The lowest BCUT2D eigenvalue weighted by Crippen LogP contribution is -2.57. The third-order valence-electron chi connectivity index (χ3n) is 8.10. The number of aliphatic imine (C=N–C) groups is 1. The number of carbonyl (C=O) groups is 2. The van der Waals surface area contributed by atoms with E-state index in [2.05, 4.69) is 56.8 Å². The van der Waals surface area contributed by atoms with E-state index in [0.717, 1.165) is 43.9 Å². The molecule has 0 bridgehead atoms. The van der Waals surface area contributed by atoms with E-state index in [1.807, 2.05) is 18.2 Å². The Balaban J connectivity index is 1.06. The predicted molar refractivity (Wildman–Crippen MR) is 132 cm³/mol. The molecule has 2 saturated heterocycles. The lowest BCUT2D eigenvalue weighted by Gasteiger charge is -2.43. The third-order valence-corrected chi connectivity index (χ3v) is 8.10. The molecule has 0 aromatic heterocycles. The average molecular weight is 458 g/mol. The summed E-state index contributed by atoms with van der Waals surface area (Å²) in [6.07, 6.45) is 4.34. The molecule has 7 nitrogen and oxygen atoms in total. The smallest absolute Gasteiger partial charge is 0.247 e. The number of anilines is 1. The Hall–Kier alpha value is -3.19. The summed E-state index contributed by atoms with van der Waals surface area (Å²) in [5.74, 6) is 1.32. The summed E-state index contributed by atoms with van der Waals surface area (Å²) >= 11 is 0. The van der Waals surface area contributed by atoms with Crippen molar-refractivity contribution in [2.75, 3.05) is 31.2 Å². The van der Waals surface area contributed by atoms with Crippen LogP contribution in [0.25, 0.3) is 0 Å². The van der Waals surface area contributed by atoms with Gasteiger partial charge < -0.3 is 15.5 Å². The lowest BCUT2D eigenvalue weighted by molar-refractivity contribution is -0.125. The summed E-state index contributed by atoms with van der Waals surface area (Å²) in [7, 11) is 0. The Morgan fingerprint density at radius 3 is 2.68 bits per heavy atom. The Labute approximate surface area is 200 Å². The van der Waals surface area contributed by atoms with E-state index >= 15 is 0 Å². The molecular formula is C27H31N5O2. The summed E-state index contributed by atoms with van der Waals surface area (Å²) < 4.78 is 0. The van der Waals surface area contributed by atoms with Crippen molar-refractivity contribution in [1.29, 1.82) is 0 Å². The van der Waals surface area contributed by atoms with Gasteiger partial charge in [-0.05, 0) is 48.9 Å². The predicted octanol–water partition coefficient (Wildman–Crippen LogP) is 2.43. The monoisotopic (exact) mass is 457 g/mol. The normalized spacial score (nSPS) is 25.5. The van der Waals surface area contributed by atoms with Gasteiger partial charge in [0.25, 0.3) is 0 Å². The minimum absolute atomic E-state index is 0.00239. The molecule has 2 N–H and O–H groups in total. The number of nitrogens with one attached hydrogen (secondary N) is 2. The molecule has 2 aromatic rings. The van der Waals surface area contributed by atoms with Crippen LogP contribution in [-0.4, -0.2) is 60.4 Å². The minimum atomic E-state index is -0.521. The van der Waals surface area contributed by atoms with Crippen LogP contribution in [0, 0.1) is 0 Å². The van der Waals surface area contributed by atoms with Crippen molar-refractivity contribution in [3.8, 4) is 0 Å². The Morgan fingerprint density at radius 1 is 1.09 bits per heavy atom. The molecule has 2 atom stereocenters. The largest absolute Gasteiger partial charge is 0.339 e. The summed E-state index contributed by atoms with van der Waals surface area (Å²) in [4.78, 5) is 34.9. The van der Waals surface area contributed by atoms with Gasteiger partial charge in [0.15, 0.2) is 0 Å². The van der Waals surface area contributed by atoms with Crippen LogP contribution in [0.3, 0.4) is 0 Å². The summed E-state index contributed by atoms with van der Waals surface area (Å²) in [6.45, 7) is 2.31. The number of hydrogen-bond donors (Lipinski definition) is 2. The van der Waals surface area contributed by atoms with Crippen molar-refractivity contribution in [2.45, 2.75) is 49.6 Å². The van der Waals surface area contributed by atoms with Gasteiger partial charge in [0.05, 0.1) is 19.3 Å². The molecule has 176 valence electrons. The zero-order valence-corrected chi connectivity index (χ0v) is 19.4. The highest BCUT2D eigenvalue weighted by atomic mass is 16.2. The second kappa shape index (κ2) is 8.55. The average Bonchev–Trinajstić information content (AvgIpc) is 3.42. The summed E-state index contributed by atoms with van der Waals surface area (Å²) in [6, 6.07) is 19.0. The third kappa shape index (κ3) is 3.68. The highest BCUT2D eigenvalue weighted by Crippen LogP contribution is 2.40. The first-order valence-corrected chi connectivity index (χ1v) is 12.4. The van der Waals surface area contributed by atoms with Crippen LogP contribution in [-0.2, 0) is 16.0 Å². The van der Waals surface area contributed by atoms with Crippen molar-refractivity contribution >= 4 is 23.3 Å². The van der Waals surface area contributed by atoms with Gasteiger partial charge in [-0.25, -0.2) is 0 Å². The topological polar surface area (TPSA) is 77.0 Å². The molecule has 1 spiro atoms. The lowest BCUT2D eigenvalue weighted by atomic mass is 9.79. The number of amides is 2. The highest BCUT2D eigenvalue weighted by Gasteiger charge is 2.50. The van der Waals surface area contributed by atoms with Crippen LogP contribution in [0.5, 0.6) is 0 Å². The standard InChI is InChI=1S/C27H31N5O2/c33-25(30-24-16-22-21-9-5-4-6-19(21)10-11-23(22)29-24)17-31-14-12-27(13-15-31)26(34)28-18-32(27)20-7-2-1-3-8-20/h1-9,22-23H,10-18H2,(H,28,34)(H,29,30,33). The molecule has 0 radical (unpaired) electrons. The molecule has 7 heteroatoms. The number of amidine groups is 1. The SMILES string of the molecule is O=C(CN1CCC2(CC1)C(=O)NCN2c1ccccc1)NC1=NC2CCc3ccccc3C2C1. The molecule has 0 saturated carbocycles. The molecule has 4 aliphatic rings. The molecule has 1 aliphatic carbocycles. The van der Waals surface area contributed by atoms with Crippen LogP contribution >= 0.6 is 0 Å². The van der Waals surface area contributed by atoms with E-state index in [-0.39, 0.29) is 17.9 Å². The number of aryl methyl sites for hydroxylation is 1. The summed E-state index contributed by atoms with van der Waals surface area (Å²) in [5.41, 5.74) is 3.36. The van der Waals surface area contributed by atoms with Crippen LogP contribution < -0.4 is 15.5 Å². The quantitative estimate of drug-likeness (QED) is 0.742. The number of fused-ring (bicyclic) bond motifs is 3. The van der Waals surface area contributed by atoms with Gasteiger partial charge in [-0.2, -0.15) is 0 Å². The molecule has 2 fully saturated rings.